The Morgan fingerprint density at radius 1 is 1.25 bits per heavy atom. The first-order valence-electron chi connectivity index (χ1n) is 7.46. The van der Waals surface area contributed by atoms with Gasteiger partial charge in [0.25, 0.3) is 5.91 Å². The summed E-state index contributed by atoms with van der Waals surface area (Å²) in [6.07, 6.45) is 0. The minimum absolute atomic E-state index is 0.131. The van der Waals surface area contributed by atoms with Crippen LogP contribution in [-0.2, 0) is 4.74 Å². The Kier molecular flexibility index (Phi) is 6.29. The van der Waals surface area contributed by atoms with Gasteiger partial charge in [0, 0.05) is 12.3 Å². The average molecular weight is 328 g/mol. The van der Waals surface area contributed by atoms with E-state index in [1.807, 2.05) is 6.92 Å². The van der Waals surface area contributed by atoms with E-state index in [4.69, 9.17) is 14.7 Å². The van der Waals surface area contributed by atoms with Crippen molar-refractivity contribution < 1.29 is 18.7 Å². The molecule has 0 spiro atoms. The molecule has 0 aromatic heterocycles. The summed E-state index contributed by atoms with van der Waals surface area (Å²) in [7, 11) is 0. The lowest BCUT2D eigenvalue weighted by atomic mass is 10.1. The number of rotatable bonds is 7. The highest BCUT2D eigenvalue weighted by Gasteiger charge is 2.13. The molecule has 2 aromatic rings. The van der Waals surface area contributed by atoms with Crippen molar-refractivity contribution >= 4 is 11.6 Å². The van der Waals surface area contributed by atoms with E-state index in [9.17, 15) is 9.18 Å². The van der Waals surface area contributed by atoms with Crippen molar-refractivity contribution in [1.29, 1.82) is 5.26 Å². The highest BCUT2D eigenvalue weighted by molar-refractivity contribution is 6.06. The Balaban J connectivity index is 2.11. The molecule has 0 aliphatic rings. The van der Waals surface area contributed by atoms with Gasteiger partial charge in [0.1, 0.15) is 24.2 Å². The van der Waals surface area contributed by atoms with Crippen LogP contribution in [0.2, 0.25) is 0 Å². The SMILES string of the molecule is CCOCCOc1ccccc1C(=O)Nc1ccc(F)c(C#N)c1. The van der Waals surface area contributed by atoms with Crippen molar-refractivity contribution in [3.63, 3.8) is 0 Å². The van der Waals surface area contributed by atoms with Gasteiger partial charge in [-0.3, -0.25) is 4.79 Å². The number of nitriles is 1. The summed E-state index contributed by atoms with van der Waals surface area (Å²) in [4.78, 5) is 12.4. The molecule has 1 amide bonds. The van der Waals surface area contributed by atoms with Crippen LogP contribution in [0.3, 0.4) is 0 Å². The summed E-state index contributed by atoms with van der Waals surface area (Å²) < 4.78 is 24.1. The van der Waals surface area contributed by atoms with Crippen LogP contribution in [0.1, 0.15) is 22.8 Å². The number of para-hydroxylation sites is 1. The molecule has 24 heavy (non-hydrogen) atoms. The maximum atomic E-state index is 13.3. The van der Waals surface area contributed by atoms with Crippen molar-refractivity contribution in [1.82, 2.24) is 0 Å². The molecule has 5 nitrogen and oxygen atoms in total. The fraction of sp³-hybridized carbons (Fsp3) is 0.222. The summed E-state index contributed by atoms with van der Waals surface area (Å²) >= 11 is 0. The van der Waals surface area contributed by atoms with E-state index in [-0.39, 0.29) is 5.56 Å². The predicted molar refractivity (Wildman–Crippen MR) is 87.5 cm³/mol. The van der Waals surface area contributed by atoms with E-state index in [0.29, 0.717) is 36.8 Å². The lowest BCUT2D eigenvalue weighted by Crippen LogP contribution is -2.15. The number of ether oxygens (including phenoxy) is 2. The molecule has 0 bridgehead atoms. The number of amides is 1. The zero-order valence-electron chi connectivity index (χ0n) is 13.2. The maximum Gasteiger partial charge on any atom is 0.259 e. The molecule has 0 saturated heterocycles. The van der Waals surface area contributed by atoms with Crippen LogP contribution in [-0.4, -0.2) is 25.7 Å². The second kappa shape index (κ2) is 8.65. The molecular formula is C18H17FN2O3. The van der Waals surface area contributed by atoms with Gasteiger partial charge in [0.15, 0.2) is 0 Å². The van der Waals surface area contributed by atoms with E-state index >= 15 is 0 Å². The van der Waals surface area contributed by atoms with Gasteiger partial charge >= 0.3 is 0 Å². The molecule has 124 valence electrons. The van der Waals surface area contributed by atoms with Gasteiger partial charge in [0.2, 0.25) is 0 Å². The molecule has 0 radical (unpaired) electrons. The molecule has 0 heterocycles. The number of anilines is 1. The summed E-state index contributed by atoms with van der Waals surface area (Å²) in [6, 6.07) is 12.3. The smallest absolute Gasteiger partial charge is 0.259 e. The quantitative estimate of drug-likeness (QED) is 0.791. The van der Waals surface area contributed by atoms with Crippen molar-refractivity contribution in [2.45, 2.75) is 6.92 Å². The van der Waals surface area contributed by atoms with Crippen LogP contribution in [0.4, 0.5) is 10.1 Å². The second-order valence-electron chi connectivity index (χ2n) is 4.80. The van der Waals surface area contributed by atoms with Crippen LogP contribution >= 0.6 is 0 Å². The Morgan fingerprint density at radius 2 is 2.04 bits per heavy atom. The minimum Gasteiger partial charge on any atom is -0.490 e. The number of nitrogens with zero attached hydrogens (tertiary/aromatic N) is 1. The highest BCUT2D eigenvalue weighted by Crippen LogP contribution is 2.21. The van der Waals surface area contributed by atoms with E-state index in [0.717, 1.165) is 6.07 Å². The van der Waals surface area contributed by atoms with Crippen molar-refractivity contribution in [2.75, 3.05) is 25.1 Å². The number of benzene rings is 2. The number of halogens is 1. The zero-order chi connectivity index (χ0) is 17.4. The third-order valence-electron chi connectivity index (χ3n) is 3.17. The summed E-state index contributed by atoms with van der Waals surface area (Å²) in [5.74, 6) is -0.606. The lowest BCUT2D eigenvalue weighted by Gasteiger charge is -2.12. The Morgan fingerprint density at radius 3 is 2.79 bits per heavy atom. The summed E-state index contributed by atoms with van der Waals surface area (Å²) in [5.41, 5.74) is 0.549. The standard InChI is InChI=1S/C18H17FN2O3/c1-2-23-9-10-24-17-6-4-3-5-15(17)18(22)21-14-7-8-16(19)13(11-14)12-20/h3-8,11H,2,9-10H2,1H3,(H,21,22). The fourth-order valence-corrected chi connectivity index (χ4v) is 2.02. The summed E-state index contributed by atoms with van der Waals surface area (Å²) in [6.45, 7) is 3.24. The van der Waals surface area contributed by atoms with Crippen LogP contribution < -0.4 is 10.1 Å². The lowest BCUT2D eigenvalue weighted by molar-refractivity contribution is 0.0998. The Labute approximate surface area is 139 Å². The zero-order valence-corrected chi connectivity index (χ0v) is 13.2. The minimum atomic E-state index is -0.629. The molecule has 0 aliphatic carbocycles. The van der Waals surface area contributed by atoms with Gasteiger partial charge in [-0.25, -0.2) is 4.39 Å². The first kappa shape index (κ1) is 17.4. The van der Waals surface area contributed by atoms with Crippen molar-refractivity contribution in [2.24, 2.45) is 0 Å². The number of carbonyl (C=O) groups is 1. The second-order valence-corrected chi connectivity index (χ2v) is 4.80. The maximum absolute atomic E-state index is 13.3. The topological polar surface area (TPSA) is 71.3 Å². The molecular weight excluding hydrogens is 311 g/mol. The van der Waals surface area contributed by atoms with Gasteiger partial charge in [-0.2, -0.15) is 5.26 Å². The van der Waals surface area contributed by atoms with Crippen molar-refractivity contribution in [3.8, 4) is 11.8 Å². The fourth-order valence-electron chi connectivity index (χ4n) is 2.02. The van der Waals surface area contributed by atoms with E-state index in [2.05, 4.69) is 5.32 Å². The van der Waals surface area contributed by atoms with Crippen LogP contribution in [0.5, 0.6) is 5.75 Å². The molecule has 0 fully saturated rings. The molecule has 6 heteroatoms. The molecule has 0 saturated carbocycles. The molecule has 0 unspecified atom stereocenters. The van der Waals surface area contributed by atoms with E-state index in [1.165, 1.54) is 12.1 Å². The number of hydrogen-bond donors (Lipinski definition) is 1. The average Bonchev–Trinajstić information content (AvgIpc) is 2.60. The normalized spacial score (nSPS) is 10.0. The Bertz CT molecular complexity index is 756. The van der Waals surface area contributed by atoms with Gasteiger partial charge < -0.3 is 14.8 Å². The molecule has 0 aliphatic heterocycles. The highest BCUT2D eigenvalue weighted by atomic mass is 19.1. The molecule has 2 aromatic carbocycles. The first-order valence-corrected chi connectivity index (χ1v) is 7.46. The number of carbonyl (C=O) groups excluding carboxylic acids is 1. The molecule has 2 rings (SSSR count). The van der Waals surface area contributed by atoms with E-state index < -0.39 is 11.7 Å². The molecule has 0 atom stereocenters. The first-order chi connectivity index (χ1) is 11.7. The van der Waals surface area contributed by atoms with Gasteiger partial charge in [-0.05, 0) is 37.3 Å². The largest absolute Gasteiger partial charge is 0.490 e. The number of nitrogens with one attached hydrogen (secondary N) is 1. The van der Waals surface area contributed by atoms with Crippen molar-refractivity contribution in [3.05, 3.63) is 59.4 Å². The number of hydrogen-bond acceptors (Lipinski definition) is 4. The van der Waals surface area contributed by atoms with Crippen LogP contribution in [0, 0.1) is 17.1 Å². The van der Waals surface area contributed by atoms with Crippen LogP contribution in [0.15, 0.2) is 42.5 Å². The Hall–Kier alpha value is -2.91. The van der Waals surface area contributed by atoms with Crippen LogP contribution in [0.25, 0.3) is 0 Å². The van der Waals surface area contributed by atoms with E-state index in [1.54, 1.807) is 30.3 Å². The molecule has 1 N–H and O–H groups in total. The summed E-state index contributed by atoms with van der Waals surface area (Å²) in [5, 5.41) is 11.5. The van der Waals surface area contributed by atoms with Gasteiger partial charge in [0.05, 0.1) is 17.7 Å². The monoisotopic (exact) mass is 328 g/mol. The third kappa shape index (κ3) is 4.54. The van der Waals surface area contributed by atoms with Gasteiger partial charge in [-0.1, -0.05) is 12.1 Å². The van der Waals surface area contributed by atoms with Gasteiger partial charge in [-0.15, -0.1) is 0 Å². The third-order valence-corrected chi connectivity index (χ3v) is 3.17. The predicted octanol–water partition coefficient (Wildman–Crippen LogP) is 3.36.